The van der Waals surface area contributed by atoms with Crippen LogP contribution in [-0.4, -0.2) is 17.7 Å². The zero-order valence-electron chi connectivity index (χ0n) is 8.21. The molecule has 2 nitrogen and oxygen atoms in total. The van der Waals surface area contributed by atoms with Crippen molar-refractivity contribution in [1.29, 1.82) is 0 Å². The van der Waals surface area contributed by atoms with E-state index in [1.807, 2.05) is 0 Å². The molecule has 1 aliphatic rings. The molecule has 1 aromatic rings. The molecule has 0 saturated heterocycles. The Hall–Kier alpha value is -0.280. The number of nitrogens with one attached hydrogen (secondary N) is 1. The number of rotatable bonds is 4. The number of aliphatic hydroxyl groups is 1. The summed E-state index contributed by atoms with van der Waals surface area (Å²) in [5, 5.41) is 14.2. The Morgan fingerprint density at radius 1 is 1.40 bits per heavy atom. The van der Waals surface area contributed by atoms with Crippen LogP contribution >= 0.6 is 23.2 Å². The number of aliphatic hydroxyl groups excluding tert-OH is 1. The highest BCUT2D eigenvalue weighted by atomic mass is 35.5. The van der Waals surface area contributed by atoms with Crippen LogP contribution in [0.5, 0.6) is 0 Å². The van der Waals surface area contributed by atoms with E-state index >= 15 is 0 Å². The molecule has 1 unspecified atom stereocenters. The minimum atomic E-state index is -0.560. The van der Waals surface area contributed by atoms with E-state index in [9.17, 15) is 5.11 Å². The topological polar surface area (TPSA) is 32.3 Å². The van der Waals surface area contributed by atoms with Gasteiger partial charge in [0.05, 0.1) is 6.10 Å². The van der Waals surface area contributed by atoms with E-state index in [2.05, 4.69) is 5.32 Å². The molecular weight excluding hydrogens is 233 g/mol. The van der Waals surface area contributed by atoms with Gasteiger partial charge in [-0.2, -0.15) is 0 Å². The maximum atomic E-state index is 9.88. The fraction of sp³-hybridized carbons (Fsp3) is 0.455. The van der Waals surface area contributed by atoms with Gasteiger partial charge >= 0.3 is 0 Å². The lowest BCUT2D eigenvalue weighted by atomic mass is 10.1. The Bertz CT molecular complexity index is 352. The predicted octanol–water partition coefficient (Wildman–Crippen LogP) is 2.78. The summed E-state index contributed by atoms with van der Waals surface area (Å²) in [6.07, 6.45) is 1.86. The molecule has 0 aliphatic heterocycles. The van der Waals surface area contributed by atoms with Crippen LogP contribution in [0.4, 0.5) is 0 Å². The largest absolute Gasteiger partial charge is 0.387 e. The smallest absolute Gasteiger partial charge is 0.0928 e. The van der Waals surface area contributed by atoms with Crippen molar-refractivity contribution >= 4 is 23.2 Å². The second kappa shape index (κ2) is 4.71. The van der Waals surface area contributed by atoms with E-state index in [0.717, 1.165) is 5.56 Å². The Morgan fingerprint density at radius 2 is 2.13 bits per heavy atom. The third-order valence-electron chi connectivity index (χ3n) is 2.50. The summed E-state index contributed by atoms with van der Waals surface area (Å²) in [5.74, 6) is 0. The van der Waals surface area contributed by atoms with Crippen molar-refractivity contribution in [1.82, 2.24) is 5.32 Å². The number of benzene rings is 1. The van der Waals surface area contributed by atoms with Gasteiger partial charge in [0.15, 0.2) is 0 Å². The highest BCUT2D eigenvalue weighted by Crippen LogP contribution is 2.27. The van der Waals surface area contributed by atoms with Gasteiger partial charge in [-0.25, -0.2) is 0 Å². The van der Waals surface area contributed by atoms with E-state index in [-0.39, 0.29) is 0 Å². The monoisotopic (exact) mass is 245 g/mol. The van der Waals surface area contributed by atoms with E-state index in [1.165, 1.54) is 12.8 Å². The van der Waals surface area contributed by atoms with Gasteiger partial charge in [-0.3, -0.25) is 0 Å². The highest BCUT2D eigenvalue weighted by Gasteiger charge is 2.22. The van der Waals surface area contributed by atoms with Crippen LogP contribution in [0, 0.1) is 0 Å². The van der Waals surface area contributed by atoms with Crippen molar-refractivity contribution in [3.05, 3.63) is 33.8 Å². The molecule has 0 heterocycles. The lowest BCUT2D eigenvalue weighted by molar-refractivity contribution is 0.174. The molecule has 0 aromatic heterocycles. The molecule has 0 amide bonds. The van der Waals surface area contributed by atoms with Crippen LogP contribution in [0.3, 0.4) is 0 Å². The maximum Gasteiger partial charge on any atom is 0.0928 e. The first kappa shape index (κ1) is 11.2. The molecule has 1 atom stereocenters. The van der Waals surface area contributed by atoms with Crippen molar-refractivity contribution in [2.24, 2.45) is 0 Å². The summed E-state index contributed by atoms with van der Waals surface area (Å²) in [7, 11) is 0. The molecule has 4 heteroatoms. The summed E-state index contributed by atoms with van der Waals surface area (Å²) < 4.78 is 0. The molecule has 1 aliphatic carbocycles. The Kier molecular flexibility index (Phi) is 3.52. The predicted molar refractivity (Wildman–Crippen MR) is 62.4 cm³/mol. The Balaban J connectivity index is 1.99. The minimum absolute atomic E-state index is 0.521. The third kappa shape index (κ3) is 3.08. The lowest BCUT2D eigenvalue weighted by Crippen LogP contribution is -2.23. The quantitative estimate of drug-likeness (QED) is 0.856. The fourth-order valence-corrected chi connectivity index (χ4v) is 1.98. The van der Waals surface area contributed by atoms with Crippen LogP contribution in [0.25, 0.3) is 0 Å². The second-order valence-electron chi connectivity index (χ2n) is 3.86. The second-order valence-corrected chi connectivity index (χ2v) is 4.71. The van der Waals surface area contributed by atoms with Gasteiger partial charge in [-0.15, -0.1) is 0 Å². The molecule has 1 fully saturated rings. The van der Waals surface area contributed by atoms with Gasteiger partial charge in [0, 0.05) is 28.2 Å². The summed E-state index contributed by atoms with van der Waals surface area (Å²) in [6, 6.07) is 5.75. The lowest BCUT2D eigenvalue weighted by Gasteiger charge is -2.13. The minimum Gasteiger partial charge on any atom is -0.387 e. The molecule has 0 spiro atoms. The highest BCUT2D eigenvalue weighted by molar-refractivity contribution is 6.35. The number of halogens is 2. The molecule has 0 bridgehead atoms. The van der Waals surface area contributed by atoms with Crippen molar-refractivity contribution < 1.29 is 5.11 Å². The average Bonchev–Trinajstić information content (AvgIpc) is 2.97. The van der Waals surface area contributed by atoms with Crippen LogP contribution in [0.15, 0.2) is 18.2 Å². The zero-order chi connectivity index (χ0) is 10.8. The van der Waals surface area contributed by atoms with E-state index < -0.39 is 6.10 Å². The third-order valence-corrected chi connectivity index (χ3v) is 3.06. The van der Waals surface area contributed by atoms with Gasteiger partial charge in [0.1, 0.15) is 0 Å². The van der Waals surface area contributed by atoms with Gasteiger partial charge in [0.25, 0.3) is 0 Å². The summed E-state index contributed by atoms with van der Waals surface area (Å²) in [5.41, 5.74) is 0.731. The molecule has 0 radical (unpaired) electrons. The van der Waals surface area contributed by atoms with Crippen LogP contribution in [0.2, 0.25) is 10.0 Å². The Labute approximate surface area is 99.2 Å². The fourth-order valence-electron chi connectivity index (χ4n) is 1.45. The van der Waals surface area contributed by atoms with Gasteiger partial charge < -0.3 is 10.4 Å². The first-order valence-corrected chi connectivity index (χ1v) is 5.79. The first-order chi connectivity index (χ1) is 7.16. The van der Waals surface area contributed by atoms with Gasteiger partial charge in [0.2, 0.25) is 0 Å². The van der Waals surface area contributed by atoms with Crippen molar-refractivity contribution in [2.45, 2.75) is 25.0 Å². The SMILES string of the molecule is OC(CNC1CC1)c1ccc(Cl)cc1Cl. The van der Waals surface area contributed by atoms with E-state index in [4.69, 9.17) is 23.2 Å². The average molecular weight is 246 g/mol. The number of hydrogen-bond acceptors (Lipinski definition) is 2. The summed E-state index contributed by atoms with van der Waals surface area (Å²) in [4.78, 5) is 0. The zero-order valence-corrected chi connectivity index (χ0v) is 9.72. The molecule has 1 saturated carbocycles. The molecule has 2 N–H and O–H groups in total. The molecule has 82 valence electrons. The molecule has 2 rings (SSSR count). The van der Waals surface area contributed by atoms with Crippen LogP contribution in [0.1, 0.15) is 24.5 Å². The van der Waals surface area contributed by atoms with Crippen molar-refractivity contribution in [3.8, 4) is 0 Å². The van der Waals surface area contributed by atoms with E-state index in [0.29, 0.717) is 22.6 Å². The first-order valence-electron chi connectivity index (χ1n) is 5.03. The maximum absolute atomic E-state index is 9.88. The molecular formula is C11H13Cl2NO. The standard InChI is InChI=1S/C11H13Cl2NO/c12-7-1-4-9(10(13)5-7)11(15)6-14-8-2-3-8/h1,4-5,8,11,14-15H,2-3,6H2. The van der Waals surface area contributed by atoms with Gasteiger partial charge in [-0.05, 0) is 25.0 Å². The van der Waals surface area contributed by atoms with E-state index in [1.54, 1.807) is 18.2 Å². The van der Waals surface area contributed by atoms with Crippen LogP contribution in [-0.2, 0) is 0 Å². The van der Waals surface area contributed by atoms with Gasteiger partial charge in [-0.1, -0.05) is 29.3 Å². The summed E-state index contributed by atoms with van der Waals surface area (Å²) >= 11 is 11.8. The Morgan fingerprint density at radius 3 is 2.73 bits per heavy atom. The van der Waals surface area contributed by atoms with Crippen LogP contribution < -0.4 is 5.32 Å². The normalized spacial score (nSPS) is 17.8. The summed E-state index contributed by atoms with van der Waals surface area (Å²) in [6.45, 7) is 0.548. The van der Waals surface area contributed by atoms with Crippen molar-refractivity contribution in [2.75, 3.05) is 6.54 Å². The molecule has 1 aromatic carbocycles. The van der Waals surface area contributed by atoms with Crippen molar-refractivity contribution in [3.63, 3.8) is 0 Å². The molecule has 15 heavy (non-hydrogen) atoms. The number of hydrogen-bond donors (Lipinski definition) is 2.